The average Bonchev–Trinajstić information content (AvgIpc) is 2.67. The number of nitrogens with zero attached hydrogens (tertiary/aromatic N) is 2. The maximum absolute atomic E-state index is 12.5. The molecule has 1 unspecified atom stereocenters. The number of nitrogens with one attached hydrogen (secondary N) is 1. The minimum atomic E-state index is -0.811. The Morgan fingerprint density at radius 3 is 2.55 bits per heavy atom. The van der Waals surface area contributed by atoms with Crippen molar-refractivity contribution in [3.8, 4) is 11.6 Å². The number of halogens is 1. The lowest BCUT2D eigenvalue weighted by molar-refractivity contribution is -0.122. The van der Waals surface area contributed by atoms with Crippen molar-refractivity contribution in [2.75, 3.05) is 5.32 Å². The summed E-state index contributed by atoms with van der Waals surface area (Å²) in [4.78, 5) is 24.8. The van der Waals surface area contributed by atoms with E-state index in [1.165, 1.54) is 16.8 Å². The Morgan fingerprint density at radius 2 is 1.83 bits per heavy atom. The van der Waals surface area contributed by atoms with Crippen LogP contribution in [0.5, 0.6) is 5.88 Å². The van der Waals surface area contributed by atoms with Gasteiger partial charge in [-0.05, 0) is 57.0 Å². The van der Waals surface area contributed by atoms with E-state index >= 15 is 0 Å². The Balaban J connectivity index is 1.80. The molecule has 0 aliphatic rings. The van der Waals surface area contributed by atoms with Gasteiger partial charge in [0.05, 0.1) is 5.69 Å². The minimum absolute atomic E-state index is 0.159. The van der Waals surface area contributed by atoms with Crippen LogP contribution in [0.15, 0.2) is 53.3 Å². The molecule has 0 fully saturated rings. The molecule has 1 aromatic heterocycles. The van der Waals surface area contributed by atoms with Crippen molar-refractivity contribution in [2.45, 2.75) is 33.8 Å². The van der Waals surface area contributed by atoms with Crippen LogP contribution in [0, 0.1) is 20.8 Å². The molecule has 0 bridgehead atoms. The summed E-state index contributed by atoms with van der Waals surface area (Å²) in [5, 5.41) is 7.59. The first-order valence-electron chi connectivity index (χ1n) is 9.16. The molecule has 3 rings (SSSR count). The second-order valence-corrected chi connectivity index (χ2v) is 7.36. The number of carbonyl (C=O) groups excluding carboxylic acids is 1. The molecular weight excluding hydrogens is 390 g/mol. The molecule has 29 heavy (non-hydrogen) atoms. The molecule has 150 valence electrons. The van der Waals surface area contributed by atoms with Crippen molar-refractivity contribution < 1.29 is 9.53 Å². The summed E-state index contributed by atoms with van der Waals surface area (Å²) in [5.41, 5.74) is 3.88. The van der Waals surface area contributed by atoms with E-state index in [2.05, 4.69) is 10.4 Å². The largest absolute Gasteiger partial charge is 0.463 e. The fourth-order valence-electron chi connectivity index (χ4n) is 2.86. The Morgan fingerprint density at radius 1 is 1.07 bits per heavy atom. The van der Waals surface area contributed by atoms with Crippen LogP contribution >= 0.6 is 11.6 Å². The maximum Gasteiger partial charge on any atom is 0.271 e. The van der Waals surface area contributed by atoms with Gasteiger partial charge in [0.15, 0.2) is 6.10 Å². The van der Waals surface area contributed by atoms with E-state index in [-0.39, 0.29) is 17.3 Å². The predicted molar refractivity (Wildman–Crippen MR) is 114 cm³/mol. The molecule has 2 aromatic carbocycles. The number of hydrogen-bond acceptors (Lipinski definition) is 4. The smallest absolute Gasteiger partial charge is 0.271 e. The van der Waals surface area contributed by atoms with Gasteiger partial charge in [-0.2, -0.15) is 4.68 Å². The third-order valence-corrected chi connectivity index (χ3v) is 4.72. The molecule has 0 aliphatic heterocycles. The Kier molecular flexibility index (Phi) is 6.03. The van der Waals surface area contributed by atoms with E-state index in [0.29, 0.717) is 10.7 Å². The predicted octanol–water partition coefficient (Wildman–Crippen LogP) is 4.22. The molecule has 1 N–H and O–H groups in total. The van der Waals surface area contributed by atoms with Crippen molar-refractivity contribution in [1.82, 2.24) is 9.78 Å². The fraction of sp³-hybridized carbons (Fsp3) is 0.227. The highest BCUT2D eigenvalue weighted by Crippen LogP contribution is 2.19. The van der Waals surface area contributed by atoms with Gasteiger partial charge in [-0.15, -0.1) is 5.10 Å². The molecule has 0 spiro atoms. The van der Waals surface area contributed by atoms with Gasteiger partial charge in [0, 0.05) is 22.8 Å². The quantitative estimate of drug-likeness (QED) is 0.682. The second kappa shape index (κ2) is 8.49. The minimum Gasteiger partial charge on any atom is -0.463 e. The Bertz CT molecular complexity index is 1120. The lowest BCUT2D eigenvalue weighted by Crippen LogP contribution is -2.31. The van der Waals surface area contributed by atoms with Crippen LogP contribution in [0.1, 0.15) is 23.6 Å². The number of aromatic nitrogens is 2. The highest BCUT2D eigenvalue weighted by Gasteiger charge is 2.17. The Hall–Kier alpha value is -3.12. The summed E-state index contributed by atoms with van der Waals surface area (Å²) < 4.78 is 6.90. The summed E-state index contributed by atoms with van der Waals surface area (Å²) >= 11 is 6.06. The third-order valence-electron chi connectivity index (χ3n) is 4.48. The topological polar surface area (TPSA) is 73.2 Å². The number of carbonyl (C=O) groups is 1. The summed E-state index contributed by atoms with van der Waals surface area (Å²) in [7, 11) is 0. The zero-order chi connectivity index (χ0) is 21.1. The van der Waals surface area contributed by atoms with Gasteiger partial charge < -0.3 is 10.1 Å². The van der Waals surface area contributed by atoms with E-state index < -0.39 is 6.10 Å². The molecule has 0 saturated carbocycles. The first-order chi connectivity index (χ1) is 13.7. The summed E-state index contributed by atoms with van der Waals surface area (Å²) in [6.07, 6.45) is -0.811. The average molecular weight is 412 g/mol. The third kappa shape index (κ3) is 4.84. The molecule has 3 aromatic rings. The van der Waals surface area contributed by atoms with Gasteiger partial charge >= 0.3 is 0 Å². The zero-order valence-electron chi connectivity index (χ0n) is 16.7. The molecule has 1 atom stereocenters. The van der Waals surface area contributed by atoms with Crippen molar-refractivity contribution in [1.29, 1.82) is 0 Å². The van der Waals surface area contributed by atoms with E-state index in [4.69, 9.17) is 16.3 Å². The molecule has 0 radical (unpaired) electrons. The number of hydrogen-bond donors (Lipinski definition) is 1. The summed E-state index contributed by atoms with van der Waals surface area (Å²) in [6, 6.07) is 13.8. The van der Waals surface area contributed by atoms with E-state index in [1.807, 2.05) is 39.0 Å². The summed E-state index contributed by atoms with van der Waals surface area (Å²) in [6.45, 7) is 7.40. The van der Waals surface area contributed by atoms with Crippen LogP contribution in [-0.2, 0) is 4.79 Å². The molecule has 1 heterocycles. The second-order valence-electron chi connectivity index (χ2n) is 6.92. The number of aryl methyl sites for hydroxylation is 3. The molecule has 7 heteroatoms. The van der Waals surface area contributed by atoms with Crippen LogP contribution in [0.4, 0.5) is 5.69 Å². The first kappa shape index (κ1) is 20.6. The number of rotatable bonds is 5. The van der Waals surface area contributed by atoms with Crippen LogP contribution in [0.25, 0.3) is 5.69 Å². The molecule has 1 amide bonds. The number of ether oxygens (including phenoxy) is 1. The van der Waals surface area contributed by atoms with E-state index in [9.17, 15) is 9.59 Å². The molecule has 0 aliphatic carbocycles. The normalized spacial score (nSPS) is 11.8. The monoisotopic (exact) mass is 411 g/mol. The van der Waals surface area contributed by atoms with Crippen LogP contribution in [-0.4, -0.2) is 21.8 Å². The molecule has 0 saturated heterocycles. The van der Waals surface area contributed by atoms with Crippen molar-refractivity contribution >= 4 is 23.2 Å². The SMILES string of the molecule is Cc1ccc(NC(=O)C(C)Oc2ccc(=O)n(-c3cc(Cl)ccc3C)n2)c(C)c1. The van der Waals surface area contributed by atoms with Gasteiger partial charge in [0.1, 0.15) is 0 Å². The van der Waals surface area contributed by atoms with Crippen LogP contribution in [0.3, 0.4) is 0 Å². The van der Waals surface area contributed by atoms with Crippen molar-refractivity contribution in [3.63, 3.8) is 0 Å². The van der Waals surface area contributed by atoms with Gasteiger partial charge in [0.25, 0.3) is 11.5 Å². The summed E-state index contributed by atoms with van der Waals surface area (Å²) in [5.74, 6) is -0.150. The van der Waals surface area contributed by atoms with Gasteiger partial charge in [-0.25, -0.2) is 0 Å². The van der Waals surface area contributed by atoms with Crippen LogP contribution in [0.2, 0.25) is 5.02 Å². The van der Waals surface area contributed by atoms with Gasteiger partial charge in [-0.3, -0.25) is 9.59 Å². The lowest BCUT2D eigenvalue weighted by atomic mass is 10.1. The first-order valence-corrected chi connectivity index (χ1v) is 9.54. The fourth-order valence-corrected chi connectivity index (χ4v) is 3.03. The van der Waals surface area contributed by atoms with Gasteiger partial charge in [-0.1, -0.05) is 35.4 Å². The number of benzene rings is 2. The van der Waals surface area contributed by atoms with E-state index in [0.717, 1.165) is 22.4 Å². The van der Waals surface area contributed by atoms with E-state index in [1.54, 1.807) is 25.1 Å². The number of amides is 1. The highest BCUT2D eigenvalue weighted by atomic mass is 35.5. The molecular formula is C22H22ClN3O3. The lowest BCUT2D eigenvalue weighted by Gasteiger charge is -2.16. The standard InChI is InChI=1S/C22H22ClN3O3/c1-13-5-8-18(15(3)11-13)24-22(28)16(4)29-20-9-10-21(27)26(25-20)19-12-17(23)7-6-14(19)2/h5-12,16H,1-4H3,(H,24,28). The zero-order valence-corrected chi connectivity index (χ0v) is 17.4. The van der Waals surface area contributed by atoms with Crippen molar-refractivity contribution in [2.24, 2.45) is 0 Å². The molecule has 6 nitrogen and oxygen atoms in total. The van der Waals surface area contributed by atoms with Crippen LogP contribution < -0.4 is 15.6 Å². The maximum atomic E-state index is 12.5. The highest BCUT2D eigenvalue weighted by molar-refractivity contribution is 6.30. The van der Waals surface area contributed by atoms with Crippen molar-refractivity contribution in [3.05, 3.63) is 80.6 Å². The van der Waals surface area contributed by atoms with Gasteiger partial charge in [0.2, 0.25) is 5.88 Å². The Labute approximate surface area is 174 Å². The number of anilines is 1.